The number of rotatable bonds is 6. The van der Waals surface area contributed by atoms with Gasteiger partial charge in [0.15, 0.2) is 11.5 Å². The molecule has 0 atom stereocenters. The van der Waals surface area contributed by atoms with Crippen LogP contribution in [0.5, 0.6) is 0 Å². The largest absolute Gasteiger partial charge is 0.476 e. The number of nitrogens with one attached hydrogen (secondary N) is 1. The Morgan fingerprint density at radius 3 is 2.71 bits per heavy atom. The van der Waals surface area contributed by atoms with Crippen LogP contribution in [-0.4, -0.2) is 36.2 Å². The summed E-state index contributed by atoms with van der Waals surface area (Å²) in [6.45, 7) is 3.18. The molecule has 21 heavy (non-hydrogen) atoms. The van der Waals surface area contributed by atoms with Crippen molar-refractivity contribution >= 4 is 27.3 Å². The number of carbonyl (C=O) groups is 1. The van der Waals surface area contributed by atoms with Crippen molar-refractivity contribution in [3.8, 4) is 0 Å². The molecule has 2 rings (SSSR count). The molecule has 0 unspecified atom stereocenters. The molecule has 2 N–H and O–H groups in total. The number of hydrogen-bond acceptors (Lipinski definition) is 7. The highest BCUT2D eigenvalue weighted by Crippen LogP contribution is 2.18. The first-order valence-electron chi connectivity index (χ1n) is 5.91. The topological polar surface area (TPSA) is 122 Å². The maximum atomic E-state index is 12.1. The lowest BCUT2D eigenvalue weighted by molar-refractivity contribution is 0.0691. The minimum atomic E-state index is -3.70. The van der Waals surface area contributed by atoms with E-state index in [1.165, 1.54) is 23.6 Å². The van der Waals surface area contributed by atoms with E-state index in [0.29, 0.717) is 17.1 Å². The van der Waals surface area contributed by atoms with Crippen LogP contribution in [0.4, 0.5) is 0 Å². The van der Waals surface area contributed by atoms with Crippen molar-refractivity contribution in [1.82, 2.24) is 14.9 Å². The molecule has 0 spiro atoms. The van der Waals surface area contributed by atoms with Gasteiger partial charge in [-0.3, -0.25) is 0 Å². The monoisotopic (exact) mass is 331 g/mol. The van der Waals surface area contributed by atoms with Crippen molar-refractivity contribution < 1.29 is 22.8 Å². The van der Waals surface area contributed by atoms with Gasteiger partial charge in [0.1, 0.15) is 10.6 Å². The zero-order chi connectivity index (χ0) is 15.6. The Morgan fingerprint density at radius 1 is 1.48 bits per heavy atom. The molecule has 8 nitrogen and oxygen atoms in total. The maximum Gasteiger partial charge on any atom is 0.355 e. The fourth-order valence-corrected chi connectivity index (χ4v) is 3.88. The van der Waals surface area contributed by atoms with E-state index in [-0.39, 0.29) is 22.9 Å². The molecule has 0 bridgehead atoms. The zero-order valence-electron chi connectivity index (χ0n) is 11.3. The molecule has 10 heteroatoms. The van der Waals surface area contributed by atoms with Crippen LogP contribution >= 0.6 is 11.3 Å². The van der Waals surface area contributed by atoms with Crippen molar-refractivity contribution in [1.29, 1.82) is 0 Å². The zero-order valence-corrected chi connectivity index (χ0v) is 12.9. The number of carboxylic acids is 1. The van der Waals surface area contributed by atoms with Gasteiger partial charge in [-0.2, -0.15) is 0 Å². The third-order valence-corrected chi connectivity index (χ3v) is 5.25. The van der Waals surface area contributed by atoms with E-state index < -0.39 is 16.0 Å². The second-order valence-electron chi connectivity index (χ2n) is 4.23. The highest BCUT2D eigenvalue weighted by atomic mass is 32.2. The molecule has 0 aliphatic heterocycles. The Hall–Kier alpha value is -1.78. The molecule has 2 aromatic heterocycles. The Bertz CT molecular complexity index is 743. The minimum Gasteiger partial charge on any atom is -0.476 e. The van der Waals surface area contributed by atoms with Gasteiger partial charge in [0, 0.05) is 18.3 Å². The summed E-state index contributed by atoms with van der Waals surface area (Å²) in [5.74, 6) is -0.879. The van der Waals surface area contributed by atoms with Crippen LogP contribution in [0.15, 0.2) is 14.8 Å². The number of hydrogen-bond donors (Lipinski definition) is 2. The first kappa shape index (κ1) is 15.6. The average molecular weight is 331 g/mol. The lowest BCUT2D eigenvalue weighted by atomic mass is 10.4. The number of nitrogens with zero attached hydrogens (tertiary/aromatic N) is 2. The molecule has 0 aliphatic rings. The number of aryl methyl sites for hydroxylation is 2. The molecule has 0 aromatic carbocycles. The van der Waals surface area contributed by atoms with E-state index >= 15 is 0 Å². The fraction of sp³-hybridized carbons (Fsp3) is 0.364. The number of aromatic nitrogens is 2. The van der Waals surface area contributed by atoms with Gasteiger partial charge in [0.05, 0.1) is 5.01 Å². The smallest absolute Gasteiger partial charge is 0.355 e. The molecule has 0 saturated heterocycles. The lowest BCUT2D eigenvalue weighted by Crippen LogP contribution is -2.26. The molecule has 2 heterocycles. The molecule has 0 amide bonds. The fourth-order valence-electron chi connectivity index (χ4n) is 1.75. The van der Waals surface area contributed by atoms with Crippen molar-refractivity contribution in [3.63, 3.8) is 0 Å². The molecule has 0 aliphatic carbocycles. The summed E-state index contributed by atoms with van der Waals surface area (Å²) in [4.78, 5) is 14.6. The van der Waals surface area contributed by atoms with Crippen LogP contribution < -0.4 is 4.72 Å². The van der Waals surface area contributed by atoms with Crippen LogP contribution in [0.3, 0.4) is 0 Å². The SMILES string of the molecule is Cc1noc(C)c1S(=O)(=O)NCCc1nc(C(=O)O)cs1. The standard InChI is InChI=1S/C11H13N3O5S2/c1-6-10(7(2)19-14-6)21(17,18)12-4-3-9-13-8(5-20-9)11(15)16/h5,12H,3-4H2,1-2H3,(H,15,16). The van der Waals surface area contributed by atoms with Gasteiger partial charge in [0.2, 0.25) is 10.0 Å². The molecule has 114 valence electrons. The second kappa shape index (κ2) is 5.92. The van der Waals surface area contributed by atoms with Crippen LogP contribution in [0, 0.1) is 13.8 Å². The number of aromatic carboxylic acids is 1. The summed E-state index contributed by atoms with van der Waals surface area (Å²) < 4.78 is 31.5. The molecular weight excluding hydrogens is 318 g/mol. The van der Waals surface area contributed by atoms with Gasteiger partial charge in [-0.05, 0) is 13.8 Å². The highest BCUT2D eigenvalue weighted by Gasteiger charge is 2.23. The summed E-state index contributed by atoms with van der Waals surface area (Å²) in [6, 6.07) is 0. The van der Waals surface area contributed by atoms with E-state index in [4.69, 9.17) is 9.63 Å². The van der Waals surface area contributed by atoms with Crippen molar-refractivity contribution in [2.24, 2.45) is 0 Å². The summed E-state index contributed by atoms with van der Waals surface area (Å²) in [5, 5.41) is 14.3. The van der Waals surface area contributed by atoms with Crippen molar-refractivity contribution in [2.75, 3.05) is 6.54 Å². The Morgan fingerprint density at radius 2 is 2.19 bits per heavy atom. The van der Waals surface area contributed by atoms with Crippen LogP contribution in [0.1, 0.15) is 27.0 Å². The first-order valence-corrected chi connectivity index (χ1v) is 8.28. The van der Waals surface area contributed by atoms with Gasteiger partial charge >= 0.3 is 5.97 Å². The molecule has 0 radical (unpaired) electrons. The quantitative estimate of drug-likeness (QED) is 0.808. The minimum absolute atomic E-state index is 0.0351. The molecular formula is C11H13N3O5S2. The highest BCUT2D eigenvalue weighted by molar-refractivity contribution is 7.89. The van der Waals surface area contributed by atoms with Crippen LogP contribution in [-0.2, 0) is 16.4 Å². The third kappa shape index (κ3) is 3.46. The third-order valence-electron chi connectivity index (χ3n) is 2.64. The normalized spacial score (nSPS) is 11.7. The molecule has 0 fully saturated rings. The summed E-state index contributed by atoms with van der Waals surface area (Å²) in [7, 11) is -3.70. The Labute approximate surface area is 124 Å². The maximum absolute atomic E-state index is 12.1. The van der Waals surface area contributed by atoms with Gasteiger partial charge in [0.25, 0.3) is 0 Å². The van der Waals surface area contributed by atoms with Crippen LogP contribution in [0.25, 0.3) is 0 Å². The van der Waals surface area contributed by atoms with E-state index in [2.05, 4.69) is 14.9 Å². The predicted molar refractivity (Wildman–Crippen MR) is 73.9 cm³/mol. The van der Waals surface area contributed by atoms with E-state index in [9.17, 15) is 13.2 Å². The van der Waals surface area contributed by atoms with Gasteiger partial charge < -0.3 is 9.63 Å². The van der Waals surface area contributed by atoms with Gasteiger partial charge in [-0.25, -0.2) is 22.9 Å². The van der Waals surface area contributed by atoms with Crippen molar-refractivity contribution in [3.05, 3.63) is 27.5 Å². The summed E-state index contributed by atoms with van der Waals surface area (Å²) >= 11 is 1.17. The van der Waals surface area contributed by atoms with Gasteiger partial charge in [-0.1, -0.05) is 5.16 Å². The lowest BCUT2D eigenvalue weighted by Gasteiger charge is -2.04. The summed E-state index contributed by atoms with van der Waals surface area (Å²) in [5.41, 5.74) is 0.256. The Balaban J connectivity index is 2.01. The first-order chi connectivity index (χ1) is 9.81. The Kier molecular flexibility index (Phi) is 4.40. The average Bonchev–Trinajstić information content (AvgIpc) is 2.96. The molecule has 2 aromatic rings. The van der Waals surface area contributed by atoms with E-state index in [1.54, 1.807) is 6.92 Å². The number of sulfonamides is 1. The number of carboxylic acid groups (broad SMARTS) is 1. The summed E-state index contributed by atoms with van der Waals surface area (Å²) in [6.07, 6.45) is 0.306. The van der Waals surface area contributed by atoms with E-state index in [1.807, 2.05) is 0 Å². The predicted octanol–water partition coefficient (Wildman–Crippen LogP) is 0.967. The number of thiazole rings is 1. The van der Waals surface area contributed by atoms with Crippen LogP contribution in [0.2, 0.25) is 0 Å². The van der Waals surface area contributed by atoms with Crippen molar-refractivity contribution in [2.45, 2.75) is 25.2 Å². The second-order valence-corrected chi connectivity index (χ2v) is 6.88. The van der Waals surface area contributed by atoms with Gasteiger partial charge in [-0.15, -0.1) is 11.3 Å². The van der Waals surface area contributed by atoms with E-state index in [0.717, 1.165) is 0 Å². The molecule has 0 saturated carbocycles.